The molecule has 1 aliphatic rings. The van der Waals surface area contributed by atoms with Gasteiger partial charge in [-0.25, -0.2) is 0 Å². The third-order valence-electron chi connectivity index (χ3n) is 4.28. The van der Waals surface area contributed by atoms with Crippen molar-refractivity contribution >= 4 is 29.0 Å². The standard InChI is InChI=1S/C21H21NO4S/c1-25-17-12-6-11-16(19(17)26-2)14-18-20(23)22(21(24)27-18)13-7-10-15-8-4-3-5-9-15/h3-6,8-9,11-12,14H,7,10,13H2,1-2H3/b18-14+. The Kier molecular flexibility index (Phi) is 6.19. The number of benzene rings is 2. The van der Waals surface area contributed by atoms with Gasteiger partial charge in [0.25, 0.3) is 11.1 Å². The Hall–Kier alpha value is -2.73. The van der Waals surface area contributed by atoms with Crippen molar-refractivity contribution in [2.75, 3.05) is 20.8 Å². The third-order valence-corrected chi connectivity index (χ3v) is 5.19. The number of amides is 2. The lowest BCUT2D eigenvalue weighted by atomic mass is 10.1. The number of nitrogens with zero attached hydrogens (tertiary/aromatic N) is 1. The van der Waals surface area contributed by atoms with Crippen LogP contribution in [0.1, 0.15) is 17.5 Å². The number of rotatable bonds is 7. The predicted molar refractivity (Wildman–Crippen MR) is 107 cm³/mol. The molecule has 0 N–H and O–H groups in total. The maximum absolute atomic E-state index is 12.7. The Morgan fingerprint density at radius 2 is 1.78 bits per heavy atom. The fourth-order valence-electron chi connectivity index (χ4n) is 2.95. The van der Waals surface area contributed by atoms with Gasteiger partial charge in [-0.1, -0.05) is 42.5 Å². The summed E-state index contributed by atoms with van der Waals surface area (Å²) in [5.74, 6) is 0.854. The van der Waals surface area contributed by atoms with E-state index >= 15 is 0 Å². The molecule has 6 heteroatoms. The van der Waals surface area contributed by atoms with Crippen LogP contribution in [0.2, 0.25) is 0 Å². The Morgan fingerprint density at radius 3 is 2.48 bits per heavy atom. The van der Waals surface area contributed by atoms with Crippen LogP contribution in [0.5, 0.6) is 11.5 Å². The fraction of sp³-hybridized carbons (Fsp3) is 0.238. The van der Waals surface area contributed by atoms with Gasteiger partial charge in [0.05, 0.1) is 19.1 Å². The molecule has 3 rings (SSSR count). The lowest BCUT2D eigenvalue weighted by Crippen LogP contribution is -2.29. The zero-order valence-electron chi connectivity index (χ0n) is 15.3. The maximum atomic E-state index is 12.7. The van der Waals surface area contributed by atoms with Crippen molar-refractivity contribution < 1.29 is 19.1 Å². The molecule has 0 spiro atoms. The molecule has 0 bridgehead atoms. The molecule has 2 amide bonds. The van der Waals surface area contributed by atoms with E-state index in [0.717, 1.165) is 24.6 Å². The number of hydrogen-bond donors (Lipinski definition) is 0. The fourth-order valence-corrected chi connectivity index (χ4v) is 3.80. The summed E-state index contributed by atoms with van der Waals surface area (Å²) in [7, 11) is 3.10. The zero-order valence-corrected chi connectivity index (χ0v) is 16.1. The zero-order chi connectivity index (χ0) is 19.2. The molecule has 2 aromatic carbocycles. The van der Waals surface area contributed by atoms with Gasteiger partial charge in [0.1, 0.15) is 0 Å². The number of carbonyl (C=O) groups is 2. The summed E-state index contributed by atoms with van der Waals surface area (Å²) in [5.41, 5.74) is 1.90. The summed E-state index contributed by atoms with van der Waals surface area (Å²) in [5, 5.41) is -0.235. The highest BCUT2D eigenvalue weighted by atomic mass is 32.2. The summed E-state index contributed by atoms with van der Waals surface area (Å²) in [6.07, 6.45) is 3.24. The molecule has 1 saturated heterocycles. The summed E-state index contributed by atoms with van der Waals surface area (Å²) in [6.45, 7) is 0.409. The molecular weight excluding hydrogens is 362 g/mol. The number of ether oxygens (including phenoxy) is 2. The number of thioether (sulfide) groups is 1. The van der Waals surface area contributed by atoms with Gasteiger partial charge in [-0.2, -0.15) is 0 Å². The van der Waals surface area contributed by atoms with E-state index in [-0.39, 0.29) is 11.1 Å². The average Bonchev–Trinajstić information content (AvgIpc) is 2.96. The van der Waals surface area contributed by atoms with E-state index in [0.29, 0.717) is 28.5 Å². The van der Waals surface area contributed by atoms with Gasteiger partial charge in [-0.15, -0.1) is 0 Å². The van der Waals surface area contributed by atoms with Gasteiger partial charge in [-0.3, -0.25) is 14.5 Å². The molecular formula is C21H21NO4S. The van der Waals surface area contributed by atoms with Crippen LogP contribution in [0.4, 0.5) is 4.79 Å². The Morgan fingerprint density at radius 1 is 1.00 bits per heavy atom. The largest absolute Gasteiger partial charge is 0.493 e. The maximum Gasteiger partial charge on any atom is 0.293 e. The summed E-state index contributed by atoms with van der Waals surface area (Å²) < 4.78 is 10.7. The van der Waals surface area contributed by atoms with Crippen LogP contribution in [-0.4, -0.2) is 36.8 Å². The van der Waals surface area contributed by atoms with E-state index in [9.17, 15) is 9.59 Å². The molecule has 0 saturated carbocycles. The van der Waals surface area contributed by atoms with Crippen molar-refractivity contribution in [3.8, 4) is 11.5 Å². The van der Waals surface area contributed by atoms with E-state index < -0.39 is 0 Å². The highest BCUT2D eigenvalue weighted by Gasteiger charge is 2.34. The molecule has 1 fully saturated rings. The van der Waals surface area contributed by atoms with Crippen LogP contribution >= 0.6 is 11.8 Å². The average molecular weight is 383 g/mol. The van der Waals surface area contributed by atoms with Gasteiger partial charge >= 0.3 is 0 Å². The number of para-hydroxylation sites is 1. The molecule has 0 aromatic heterocycles. The van der Waals surface area contributed by atoms with Crippen LogP contribution in [-0.2, 0) is 11.2 Å². The predicted octanol–water partition coefficient (Wildman–Crippen LogP) is 4.37. The van der Waals surface area contributed by atoms with Crippen LogP contribution in [0, 0.1) is 0 Å². The first-order chi connectivity index (χ1) is 13.1. The van der Waals surface area contributed by atoms with Gasteiger partial charge in [0.2, 0.25) is 0 Å². The first kappa shape index (κ1) is 19.0. The quantitative estimate of drug-likeness (QED) is 0.665. The summed E-state index contributed by atoms with van der Waals surface area (Å²) in [4.78, 5) is 26.6. The first-order valence-corrected chi connectivity index (χ1v) is 9.46. The number of methoxy groups -OCH3 is 2. The lowest BCUT2D eigenvalue weighted by molar-refractivity contribution is -0.122. The normalized spacial score (nSPS) is 15.5. The monoisotopic (exact) mass is 383 g/mol. The van der Waals surface area contributed by atoms with Gasteiger partial charge in [0.15, 0.2) is 11.5 Å². The number of carbonyl (C=O) groups excluding carboxylic acids is 2. The molecule has 27 heavy (non-hydrogen) atoms. The molecule has 0 unspecified atom stereocenters. The topological polar surface area (TPSA) is 55.8 Å². The SMILES string of the molecule is COc1cccc(/C=C2/SC(=O)N(CCCc3ccccc3)C2=O)c1OC. The van der Waals surface area contributed by atoms with Crippen molar-refractivity contribution in [3.05, 3.63) is 64.6 Å². The van der Waals surface area contributed by atoms with Crippen LogP contribution in [0.3, 0.4) is 0 Å². The number of imide groups is 1. The smallest absolute Gasteiger partial charge is 0.293 e. The van der Waals surface area contributed by atoms with Gasteiger partial charge < -0.3 is 9.47 Å². The van der Waals surface area contributed by atoms with Crippen LogP contribution in [0.15, 0.2) is 53.4 Å². The van der Waals surface area contributed by atoms with E-state index in [1.807, 2.05) is 42.5 Å². The van der Waals surface area contributed by atoms with Crippen molar-refractivity contribution in [1.82, 2.24) is 4.90 Å². The molecule has 0 aliphatic carbocycles. The Labute approximate surface area is 163 Å². The Balaban J connectivity index is 1.71. The highest BCUT2D eigenvalue weighted by Crippen LogP contribution is 2.37. The van der Waals surface area contributed by atoms with Gasteiger partial charge in [-0.05, 0) is 42.3 Å². The van der Waals surface area contributed by atoms with Crippen LogP contribution in [0.25, 0.3) is 6.08 Å². The van der Waals surface area contributed by atoms with E-state index in [1.54, 1.807) is 26.4 Å². The molecule has 2 aromatic rings. The molecule has 0 radical (unpaired) electrons. The number of aryl methyl sites for hydroxylation is 1. The van der Waals surface area contributed by atoms with Gasteiger partial charge in [0, 0.05) is 12.1 Å². The van der Waals surface area contributed by atoms with E-state index in [2.05, 4.69) is 0 Å². The van der Waals surface area contributed by atoms with Crippen LogP contribution < -0.4 is 9.47 Å². The molecule has 5 nitrogen and oxygen atoms in total. The van der Waals surface area contributed by atoms with Crippen molar-refractivity contribution in [1.29, 1.82) is 0 Å². The molecule has 140 valence electrons. The van der Waals surface area contributed by atoms with Crippen molar-refractivity contribution in [2.24, 2.45) is 0 Å². The second-order valence-corrected chi connectivity index (χ2v) is 7.00. The molecule has 1 aliphatic heterocycles. The first-order valence-electron chi connectivity index (χ1n) is 8.64. The second kappa shape index (κ2) is 8.77. The second-order valence-electron chi connectivity index (χ2n) is 6.01. The minimum atomic E-state index is -0.261. The Bertz CT molecular complexity index is 864. The number of hydrogen-bond acceptors (Lipinski definition) is 5. The lowest BCUT2D eigenvalue weighted by Gasteiger charge is -2.12. The molecule has 1 heterocycles. The van der Waals surface area contributed by atoms with E-state index in [1.165, 1.54) is 10.5 Å². The van der Waals surface area contributed by atoms with Crippen molar-refractivity contribution in [3.63, 3.8) is 0 Å². The van der Waals surface area contributed by atoms with E-state index in [4.69, 9.17) is 9.47 Å². The third kappa shape index (κ3) is 4.34. The minimum Gasteiger partial charge on any atom is -0.493 e. The summed E-state index contributed by atoms with van der Waals surface area (Å²) in [6, 6.07) is 15.5. The van der Waals surface area contributed by atoms with Crippen molar-refractivity contribution in [2.45, 2.75) is 12.8 Å². The highest BCUT2D eigenvalue weighted by molar-refractivity contribution is 8.18. The molecule has 0 atom stereocenters. The summed E-state index contributed by atoms with van der Waals surface area (Å²) >= 11 is 0.958. The minimum absolute atomic E-state index is 0.235.